The van der Waals surface area contributed by atoms with Crippen molar-refractivity contribution in [2.45, 2.75) is 18.9 Å². The molecule has 2 amide bonds. The lowest BCUT2D eigenvalue weighted by Crippen LogP contribution is -2.41. The Morgan fingerprint density at radius 1 is 0.886 bits per heavy atom. The first-order valence-corrected chi connectivity index (χ1v) is 11.3. The SMILES string of the molecule is O=C(O[C@@H](C(=O)Nc1ccccc1)c1ccccc1)C1CCN(C(=O)c2ccc(F)cc2F)CC1. The van der Waals surface area contributed by atoms with Crippen LogP contribution in [0.3, 0.4) is 0 Å². The van der Waals surface area contributed by atoms with Crippen molar-refractivity contribution in [3.8, 4) is 0 Å². The lowest BCUT2D eigenvalue weighted by molar-refractivity contribution is -0.160. The van der Waals surface area contributed by atoms with Crippen LogP contribution in [-0.4, -0.2) is 35.8 Å². The predicted octanol–water partition coefficient (Wildman–Crippen LogP) is 4.74. The highest BCUT2D eigenvalue weighted by atomic mass is 19.1. The van der Waals surface area contributed by atoms with Gasteiger partial charge in [-0.15, -0.1) is 0 Å². The van der Waals surface area contributed by atoms with Crippen molar-refractivity contribution in [3.05, 3.63) is 102 Å². The van der Waals surface area contributed by atoms with Gasteiger partial charge in [0.25, 0.3) is 11.8 Å². The summed E-state index contributed by atoms with van der Waals surface area (Å²) in [6.07, 6.45) is -0.540. The summed E-state index contributed by atoms with van der Waals surface area (Å²) in [5.41, 5.74) is 0.900. The summed E-state index contributed by atoms with van der Waals surface area (Å²) in [6.45, 7) is 0.420. The third kappa shape index (κ3) is 5.90. The summed E-state index contributed by atoms with van der Waals surface area (Å²) in [5, 5.41) is 2.77. The molecule has 4 rings (SSSR count). The van der Waals surface area contributed by atoms with Gasteiger partial charge in [0.2, 0.25) is 6.10 Å². The quantitative estimate of drug-likeness (QED) is 0.520. The Balaban J connectivity index is 1.40. The molecule has 1 atom stereocenters. The van der Waals surface area contributed by atoms with Gasteiger partial charge in [-0.05, 0) is 37.1 Å². The van der Waals surface area contributed by atoms with E-state index in [0.29, 0.717) is 30.2 Å². The number of amides is 2. The molecule has 0 aromatic heterocycles. The first-order valence-electron chi connectivity index (χ1n) is 11.3. The van der Waals surface area contributed by atoms with Gasteiger partial charge >= 0.3 is 5.97 Å². The molecule has 1 saturated heterocycles. The Hall–Kier alpha value is -4.07. The first kappa shape index (κ1) is 24.1. The van der Waals surface area contributed by atoms with E-state index in [-0.39, 0.29) is 18.7 Å². The van der Waals surface area contributed by atoms with Crippen molar-refractivity contribution in [3.63, 3.8) is 0 Å². The number of anilines is 1. The molecule has 0 unspecified atom stereocenters. The molecule has 3 aromatic rings. The molecular formula is C27H24F2N2O4. The van der Waals surface area contributed by atoms with Crippen molar-refractivity contribution >= 4 is 23.5 Å². The number of halogens is 2. The Bertz CT molecular complexity index is 1200. The summed E-state index contributed by atoms with van der Waals surface area (Å²) >= 11 is 0. The number of para-hydroxylation sites is 1. The van der Waals surface area contributed by atoms with Crippen molar-refractivity contribution < 1.29 is 27.9 Å². The normalized spacial score (nSPS) is 14.7. The van der Waals surface area contributed by atoms with Crippen LogP contribution in [0.25, 0.3) is 0 Å². The van der Waals surface area contributed by atoms with Crippen LogP contribution in [0.15, 0.2) is 78.9 Å². The highest BCUT2D eigenvalue weighted by molar-refractivity contribution is 5.96. The largest absolute Gasteiger partial charge is 0.447 e. The summed E-state index contributed by atoms with van der Waals surface area (Å²) in [4.78, 5) is 40.0. The van der Waals surface area contributed by atoms with Crippen molar-refractivity contribution in [1.82, 2.24) is 4.90 Å². The third-order valence-corrected chi connectivity index (χ3v) is 5.89. The van der Waals surface area contributed by atoms with E-state index in [1.165, 1.54) is 4.90 Å². The van der Waals surface area contributed by atoms with E-state index in [0.717, 1.165) is 12.1 Å². The maximum atomic E-state index is 14.0. The van der Waals surface area contributed by atoms with Crippen LogP contribution in [0.4, 0.5) is 14.5 Å². The zero-order valence-corrected chi connectivity index (χ0v) is 18.8. The van der Waals surface area contributed by atoms with Gasteiger partial charge in [-0.1, -0.05) is 48.5 Å². The lowest BCUT2D eigenvalue weighted by Gasteiger charge is -2.31. The molecule has 1 heterocycles. The lowest BCUT2D eigenvalue weighted by atomic mass is 9.96. The number of nitrogens with one attached hydrogen (secondary N) is 1. The molecule has 3 aromatic carbocycles. The molecule has 1 N–H and O–H groups in total. The van der Waals surface area contributed by atoms with Gasteiger partial charge in [0.05, 0.1) is 11.5 Å². The molecule has 180 valence electrons. The molecule has 0 bridgehead atoms. The van der Waals surface area contributed by atoms with Crippen molar-refractivity contribution in [1.29, 1.82) is 0 Å². The van der Waals surface area contributed by atoms with Gasteiger partial charge in [0, 0.05) is 30.4 Å². The number of hydrogen-bond acceptors (Lipinski definition) is 4. The molecule has 0 aliphatic carbocycles. The number of carbonyl (C=O) groups excluding carboxylic acids is 3. The number of benzene rings is 3. The second-order valence-corrected chi connectivity index (χ2v) is 8.27. The van der Waals surface area contributed by atoms with Crippen LogP contribution in [0.2, 0.25) is 0 Å². The van der Waals surface area contributed by atoms with Crippen LogP contribution in [0.5, 0.6) is 0 Å². The van der Waals surface area contributed by atoms with Crippen LogP contribution in [0, 0.1) is 17.6 Å². The van der Waals surface area contributed by atoms with Crippen molar-refractivity contribution in [2.75, 3.05) is 18.4 Å². The molecular weight excluding hydrogens is 454 g/mol. The molecule has 0 saturated carbocycles. The van der Waals surface area contributed by atoms with Gasteiger partial charge in [-0.3, -0.25) is 14.4 Å². The fraction of sp³-hybridized carbons (Fsp3) is 0.222. The summed E-state index contributed by atoms with van der Waals surface area (Å²) < 4.78 is 32.8. The fourth-order valence-corrected chi connectivity index (χ4v) is 3.99. The van der Waals surface area contributed by atoms with E-state index in [4.69, 9.17) is 4.74 Å². The molecule has 1 aliphatic rings. The number of rotatable bonds is 6. The van der Waals surface area contributed by atoms with E-state index in [1.807, 2.05) is 6.07 Å². The molecule has 0 spiro atoms. The van der Waals surface area contributed by atoms with E-state index < -0.39 is 41.4 Å². The highest BCUT2D eigenvalue weighted by Gasteiger charge is 2.33. The highest BCUT2D eigenvalue weighted by Crippen LogP contribution is 2.26. The fourth-order valence-electron chi connectivity index (χ4n) is 3.99. The number of hydrogen-bond donors (Lipinski definition) is 1. The number of piperidine rings is 1. The maximum Gasteiger partial charge on any atom is 0.310 e. The number of nitrogens with zero attached hydrogens (tertiary/aromatic N) is 1. The Labute approximate surface area is 201 Å². The van der Waals surface area contributed by atoms with Crippen LogP contribution in [0.1, 0.15) is 34.9 Å². The van der Waals surface area contributed by atoms with E-state index in [1.54, 1.807) is 54.6 Å². The molecule has 35 heavy (non-hydrogen) atoms. The van der Waals surface area contributed by atoms with Gasteiger partial charge in [0.15, 0.2) is 0 Å². The molecule has 6 nitrogen and oxygen atoms in total. The average Bonchev–Trinajstić information content (AvgIpc) is 2.88. The van der Waals surface area contributed by atoms with E-state index >= 15 is 0 Å². The van der Waals surface area contributed by atoms with Gasteiger partial charge in [-0.25, -0.2) is 8.78 Å². The minimum atomic E-state index is -1.14. The molecule has 1 aliphatic heterocycles. The van der Waals surface area contributed by atoms with Crippen LogP contribution in [-0.2, 0) is 14.3 Å². The second kappa shape index (κ2) is 10.9. The van der Waals surface area contributed by atoms with Crippen molar-refractivity contribution in [2.24, 2.45) is 5.92 Å². The Morgan fingerprint density at radius 2 is 1.51 bits per heavy atom. The maximum absolute atomic E-state index is 14.0. The topological polar surface area (TPSA) is 75.7 Å². The molecule has 1 fully saturated rings. The zero-order valence-electron chi connectivity index (χ0n) is 18.8. The molecule has 8 heteroatoms. The number of ether oxygens (including phenoxy) is 1. The average molecular weight is 478 g/mol. The number of likely N-dealkylation sites (tertiary alicyclic amines) is 1. The van der Waals surface area contributed by atoms with E-state index in [2.05, 4.69) is 5.32 Å². The van der Waals surface area contributed by atoms with Crippen LogP contribution >= 0.6 is 0 Å². The Kier molecular flexibility index (Phi) is 7.50. The second-order valence-electron chi connectivity index (χ2n) is 8.27. The number of carbonyl (C=O) groups is 3. The first-order chi connectivity index (χ1) is 16.9. The van der Waals surface area contributed by atoms with E-state index in [9.17, 15) is 23.2 Å². The Morgan fingerprint density at radius 3 is 2.14 bits per heavy atom. The van der Waals surface area contributed by atoms with Gasteiger partial charge in [0.1, 0.15) is 11.6 Å². The van der Waals surface area contributed by atoms with Gasteiger partial charge < -0.3 is 15.0 Å². The molecule has 0 radical (unpaired) electrons. The smallest absolute Gasteiger partial charge is 0.310 e. The number of esters is 1. The van der Waals surface area contributed by atoms with Gasteiger partial charge in [-0.2, -0.15) is 0 Å². The third-order valence-electron chi connectivity index (χ3n) is 5.89. The minimum Gasteiger partial charge on any atom is -0.447 e. The van der Waals surface area contributed by atoms with Crippen LogP contribution < -0.4 is 5.32 Å². The summed E-state index contributed by atoms with van der Waals surface area (Å²) in [6, 6.07) is 20.4. The minimum absolute atomic E-state index is 0.210. The standard InChI is InChI=1S/C27H24F2N2O4/c28-20-11-12-22(23(29)17-20)26(33)31-15-13-19(14-16-31)27(34)35-24(18-7-3-1-4-8-18)25(32)30-21-9-5-2-6-10-21/h1-12,17,19,24H,13-16H2,(H,30,32)/t24-/m1/s1. The monoisotopic (exact) mass is 478 g/mol. The summed E-state index contributed by atoms with van der Waals surface area (Å²) in [7, 11) is 0. The zero-order chi connectivity index (χ0) is 24.8. The summed E-state index contributed by atoms with van der Waals surface area (Å²) in [5.74, 6) is -3.78. The predicted molar refractivity (Wildman–Crippen MR) is 125 cm³/mol.